The molecular formula is C20H22N4O2. The first-order valence-electron chi connectivity index (χ1n) is 8.47. The summed E-state index contributed by atoms with van der Waals surface area (Å²) in [5.41, 5.74) is 6.74. The number of rotatable bonds is 8. The first kappa shape index (κ1) is 19.1. The zero-order chi connectivity index (χ0) is 18.5. The molecule has 0 saturated heterocycles. The van der Waals surface area contributed by atoms with Crippen LogP contribution in [0.15, 0.2) is 70.9 Å². The molecule has 2 amide bonds. The second kappa shape index (κ2) is 11.3. The Morgan fingerprint density at radius 3 is 1.46 bits per heavy atom. The van der Waals surface area contributed by atoms with Gasteiger partial charge in [-0.25, -0.2) is 10.9 Å². The SMILES string of the molecule is O=C(N/N=C\CCc1ccccc1)C(=O)N/N=C/CCc1ccccc1. The van der Waals surface area contributed by atoms with Crippen LogP contribution in [0.3, 0.4) is 0 Å². The summed E-state index contributed by atoms with van der Waals surface area (Å²) in [4.78, 5) is 23.1. The van der Waals surface area contributed by atoms with E-state index in [-0.39, 0.29) is 0 Å². The average molecular weight is 350 g/mol. The quantitative estimate of drug-likeness (QED) is 0.435. The number of hydrogen-bond donors (Lipinski definition) is 2. The molecule has 0 bridgehead atoms. The fraction of sp³-hybridized carbons (Fsp3) is 0.200. The van der Waals surface area contributed by atoms with Crippen LogP contribution in [0.25, 0.3) is 0 Å². The number of carbonyl (C=O) groups is 2. The fourth-order valence-electron chi connectivity index (χ4n) is 2.19. The van der Waals surface area contributed by atoms with Gasteiger partial charge in [-0.05, 0) is 36.8 Å². The normalized spacial score (nSPS) is 10.9. The van der Waals surface area contributed by atoms with Crippen LogP contribution in [0.1, 0.15) is 24.0 Å². The van der Waals surface area contributed by atoms with Crippen molar-refractivity contribution >= 4 is 24.2 Å². The highest BCUT2D eigenvalue weighted by atomic mass is 16.2. The predicted molar refractivity (Wildman–Crippen MR) is 103 cm³/mol. The van der Waals surface area contributed by atoms with E-state index in [0.29, 0.717) is 12.8 Å². The number of aryl methyl sites for hydroxylation is 2. The number of amides is 2. The molecule has 6 nitrogen and oxygen atoms in total. The molecule has 134 valence electrons. The van der Waals surface area contributed by atoms with Gasteiger partial charge in [0, 0.05) is 12.4 Å². The van der Waals surface area contributed by atoms with Crippen LogP contribution in [-0.4, -0.2) is 24.2 Å². The number of benzene rings is 2. The average Bonchev–Trinajstić information content (AvgIpc) is 2.68. The molecule has 2 N–H and O–H groups in total. The maximum Gasteiger partial charge on any atom is 0.331 e. The zero-order valence-corrected chi connectivity index (χ0v) is 14.5. The lowest BCUT2D eigenvalue weighted by Gasteiger charge is -1.99. The first-order chi connectivity index (χ1) is 12.8. The molecule has 0 atom stereocenters. The van der Waals surface area contributed by atoms with Crippen molar-refractivity contribution in [3.05, 3.63) is 71.8 Å². The topological polar surface area (TPSA) is 82.9 Å². The molecule has 0 aliphatic carbocycles. The molecule has 0 aromatic heterocycles. The summed E-state index contributed by atoms with van der Waals surface area (Å²) in [5, 5.41) is 7.51. The third-order valence-electron chi connectivity index (χ3n) is 3.53. The van der Waals surface area contributed by atoms with Gasteiger partial charge in [0.15, 0.2) is 0 Å². The van der Waals surface area contributed by atoms with E-state index in [0.717, 1.165) is 12.8 Å². The molecule has 2 aromatic carbocycles. The molecular weight excluding hydrogens is 328 g/mol. The smallest absolute Gasteiger partial charge is 0.262 e. The van der Waals surface area contributed by atoms with Crippen LogP contribution >= 0.6 is 0 Å². The van der Waals surface area contributed by atoms with Crippen LogP contribution in [-0.2, 0) is 22.4 Å². The maximum atomic E-state index is 11.6. The van der Waals surface area contributed by atoms with Gasteiger partial charge in [-0.3, -0.25) is 9.59 Å². The third kappa shape index (κ3) is 7.53. The molecule has 0 aliphatic rings. The number of hydrogen-bond acceptors (Lipinski definition) is 4. The summed E-state index contributed by atoms with van der Waals surface area (Å²) < 4.78 is 0. The summed E-state index contributed by atoms with van der Waals surface area (Å²) in [6, 6.07) is 19.9. The molecule has 26 heavy (non-hydrogen) atoms. The van der Waals surface area contributed by atoms with E-state index >= 15 is 0 Å². The van der Waals surface area contributed by atoms with Gasteiger partial charge in [0.2, 0.25) is 0 Å². The molecule has 0 fully saturated rings. The van der Waals surface area contributed by atoms with Gasteiger partial charge < -0.3 is 0 Å². The monoisotopic (exact) mass is 350 g/mol. The Bertz CT molecular complexity index is 677. The molecule has 0 unspecified atom stereocenters. The van der Waals surface area contributed by atoms with E-state index < -0.39 is 11.8 Å². The van der Waals surface area contributed by atoms with Crippen LogP contribution in [0.5, 0.6) is 0 Å². The largest absolute Gasteiger partial charge is 0.331 e. The lowest BCUT2D eigenvalue weighted by atomic mass is 10.1. The van der Waals surface area contributed by atoms with Crippen LogP contribution in [0, 0.1) is 0 Å². The van der Waals surface area contributed by atoms with Crippen molar-refractivity contribution < 1.29 is 9.59 Å². The molecule has 0 heterocycles. The number of carbonyl (C=O) groups excluding carboxylic acids is 2. The Labute approximate surface area is 153 Å². The third-order valence-corrected chi connectivity index (χ3v) is 3.53. The summed E-state index contributed by atoms with van der Waals surface area (Å²) in [6.07, 6.45) is 6.12. The van der Waals surface area contributed by atoms with E-state index in [1.807, 2.05) is 60.7 Å². The predicted octanol–water partition coefficient (Wildman–Crippen LogP) is 2.46. The lowest BCUT2D eigenvalue weighted by molar-refractivity contribution is -0.139. The Hall–Kier alpha value is -3.28. The highest BCUT2D eigenvalue weighted by Gasteiger charge is 2.10. The van der Waals surface area contributed by atoms with E-state index in [2.05, 4.69) is 21.1 Å². The van der Waals surface area contributed by atoms with Crippen molar-refractivity contribution in [1.82, 2.24) is 10.9 Å². The van der Waals surface area contributed by atoms with Gasteiger partial charge >= 0.3 is 11.8 Å². The highest BCUT2D eigenvalue weighted by molar-refractivity contribution is 6.35. The van der Waals surface area contributed by atoms with Crippen LogP contribution < -0.4 is 10.9 Å². The standard InChI is InChI=1S/C20H22N4O2/c25-19(23-21-15-7-13-17-9-3-1-4-10-17)20(26)24-22-16-8-14-18-11-5-2-6-12-18/h1-6,9-12,15-16H,7-8,13-14H2,(H,23,25)(H,24,26)/b21-15-,22-16+. The minimum atomic E-state index is -0.846. The van der Waals surface area contributed by atoms with Crippen molar-refractivity contribution in [3.8, 4) is 0 Å². The van der Waals surface area contributed by atoms with Crippen molar-refractivity contribution in [2.75, 3.05) is 0 Å². The van der Waals surface area contributed by atoms with Crippen molar-refractivity contribution in [1.29, 1.82) is 0 Å². The molecule has 0 aliphatic heterocycles. The molecule has 0 spiro atoms. The van der Waals surface area contributed by atoms with Gasteiger partial charge in [-0.2, -0.15) is 10.2 Å². The van der Waals surface area contributed by atoms with Gasteiger partial charge in [-0.1, -0.05) is 60.7 Å². The molecule has 0 saturated carbocycles. The van der Waals surface area contributed by atoms with E-state index in [9.17, 15) is 9.59 Å². The van der Waals surface area contributed by atoms with Crippen LogP contribution in [0.2, 0.25) is 0 Å². The second-order valence-electron chi connectivity index (χ2n) is 5.55. The van der Waals surface area contributed by atoms with Crippen molar-refractivity contribution in [2.24, 2.45) is 10.2 Å². The zero-order valence-electron chi connectivity index (χ0n) is 14.5. The minimum absolute atomic E-state index is 0.670. The summed E-state index contributed by atoms with van der Waals surface area (Å²) in [5.74, 6) is -1.69. The number of hydrazone groups is 2. The summed E-state index contributed by atoms with van der Waals surface area (Å²) in [7, 11) is 0. The molecule has 0 radical (unpaired) electrons. The number of nitrogens with zero attached hydrogens (tertiary/aromatic N) is 2. The molecule has 2 aromatic rings. The van der Waals surface area contributed by atoms with Crippen LogP contribution in [0.4, 0.5) is 0 Å². The first-order valence-corrected chi connectivity index (χ1v) is 8.47. The Kier molecular flexibility index (Phi) is 8.28. The fourth-order valence-corrected chi connectivity index (χ4v) is 2.19. The molecule has 6 heteroatoms. The van der Waals surface area contributed by atoms with Crippen molar-refractivity contribution in [2.45, 2.75) is 25.7 Å². The van der Waals surface area contributed by atoms with E-state index in [4.69, 9.17) is 0 Å². The van der Waals surface area contributed by atoms with E-state index in [1.165, 1.54) is 11.1 Å². The lowest BCUT2D eigenvalue weighted by Crippen LogP contribution is -2.35. The number of nitrogens with one attached hydrogen (secondary N) is 2. The summed E-state index contributed by atoms with van der Waals surface area (Å²) >= 11 is 0. The highest BCUT2D eigenvalue weighted by Crippen LogP contribution is 2.01. The molecule has 2 rings (SSSR count). The maximum absolute atomic E-state index is 11.6. The Balaban J connectivity index is 1.59. The second-order valence-corrected chi connectivity index (χ2v) is 5.55. The Morgan fingerprint density at radius 1 is 0.692 bits per heavy atom. The van der Waals surface area contributed by atoms with Gasteiger partial charge in [-0.15, -0.1) is 0 Å². The van der Waals surface area contributed by atoms with Gasteiger partial charge in [0.25, 0.3) is 0 Å². The minimum Gasteiger partial charge on any atom is -0.262 e. The van der Waals surface area contributed by atoms with Crippen molar-refractivity contribution in [3.63, 3.8) is 0 Å². The van der Waals surface area contributed by atoms with E-state index in [1.54, 1.807) is 12.4 Å². The Morgan fingerprint density at radius 2 is 1.08 bits per heavy atom. The summed E-state index contributed by atoms with van der Waals surface area (Å²) in [6.45, 7) is 0. The van der Waals surface area contributed by atoms with Gasteiger partial charge in [0.1, 0.15) is 0 Å². The van der Waals surface area contributed by atoms with Gasteiger partial charge in [0.05, 0.1) is 0 Å².